The number of hydrogen-bond donors (Lipinski definition) is 3. The summed E-state index contributed by atoms with van der Waals surface area (Å²) in [6.07, 6.45) is 0.614. The highest BCUT2D eigenvalue weighted by molar-refractivity contribution is 6.05. The molecule has 0 bridgehead atoms. The second kappa shape index (κ2) is 14.9. The van der Waals surface area contributed by atoms with Gasteiger partial charge in [0, 0.05) is 38.2 Å². The highest BCUT2D eigenvalue weighted by atomic mass is 16.6. The Morgan fingerprint density at radius 3 is 2.26 bits per heavy atom. The first kappa shape index (κ1) is 27.2. The molecule has 3 rings (SSSR count). The fraction of sp³-hybridized carbons (Fsp3) is 0.625. The second-order valence-electron chi connectivity index (χ2n) is 8.31. The fourth-order valence-corrected chi connectivity index (χ4v) is 3.96. The number of piperidine rings is 1. The Labute approximate surface area is 205 Å². The first-order valence-electron chi connectivity index (χ1n) is 12.1. The number of imide groups is 1. The van der Waals surface area contributed by atoms with Crippen LogP contribution in [0.1, 0.15) is 34.3 Å². The van der Waals surface area contributed by atoms with Crippen LogP contribution in [-0.4, -0.2) is 94.6 Å². The van der Waals surface area contributed by atoms with E-state index >= 15 is 0 Å². The zero-order valence-corrected chi connectivity index (χ0v) is 20.1. The third-order valence-electron chi connectivity index (χ3n) is 5.72. The maximum absolute atomic E-state index is 12.7. The quantitative estimate of drug-likeness (QED) is 0.195. The van der Waals surface area contributed by atoms with Gasteiger partial charge in [0.15, 0.2) is 0 Å². The van der Waals surface area contributed by atoms with Crippen LogP contribution >= 0.6 is 0 Å². The van der Waals surface area contributed by atoms with Crippen LogP contribution in [0.3, 0.4) is 0 Å². The van der Waals surface area contributed by atoms with Crippen molar-refractivity contribution in [2.75, 3.05) is 65.9 Å². The lowest BCUT2D eigenvalue weighted by Gasteiger charge is -2.29. The molecular weight excluding hydrogens is 456 g/mol. The molecule has 0 radical (unpaired) electrons. The van der Waals surface area contributed by atoms with E-state index in [9.17, 15) is 14.4 Å². The Bertz CT molecular complexity index is 851. The molecule has 2 aliphatic rings. The van der Waals surface area contributed by atoms with Gasteiger partial charge in [-0.25, -0.2) is 0 Å². The number of nitrogens with two attached hydrogens (primary N) is 1. The summed E-state index contributed by atoms with van der Waals surface area (Å²) < 4.78 is 21.6. The number of rotatable bonds is 17. The lowest BCUT2D eigenvalue weighted by molar-refractivity contribution is -0.136. The molecule has 0 spiro atoms. The van der Waals surface area contributed by atoms with Crippen LogP contribution in [0.4, 0.5) is 0 Å². The van der Waals surface area contributed by atoms with Gasteiger partial charge in [-0.3, -0.25) is 19.7 Å². The summed E-state index contributed by atoms with van der Waals surface area (Å²) in [5.41, 5.74) is 7.90. The fourth-order valence-electron chi connectivity index (χ4n) is 3.96. The standard InChI is InChI=1S/C24H36N4O7/c25-5-7-32-9-11-34-13-14-35-12-10-33-8-6-26-16-18-1-2-20-19(15-18)17-28(24(20)31)21-3-4-22(29)27-23(21)30/h1-2,15,21,26H,3-14,16-17,25H2,(H,27,29,30). The van der Waals surface area contributed by atoms with Gasteiger partial charge in [-0.15, -0.1) is 0 Å². The number of carbonyl (C=O) groups excluding carboxylic acids is 3. The van der Waals surface area contributed by atoms with Gasteiger partial charge in [0.1, 0.15) is 6.04 Å². The third kappa shape index (κ3) is 8.64. The van der Waals surface area contributed by atoms with E-state index in [-0.39, 0.29) is 18.2 Å². The van der Waals surface area contributed by atoms with Crippen molar-refractivity contribution in [2.24, 2.45) is 5.73 Å². The SMILES string of the molecule is NCCOCCOCCOCCOCCNCc1ccc2c(c1)CN(C1CCC(=O)NC1=O)C2=O. The number of ether oxygens (including phenoxy) is 4. The lowest BCUT2D eigenvalue weighted by atomic mass is 10.0. The monoisotopic (exact) mass is 492 g/mol. The summed E-state index contributed by atoms with van der Waals surface area (Å²) >= 11 is 0. The smallest absolute Gasteiger partial charge is 0.255 e. The Morgan fingerprint density at radius 2 is 1.60 bits per heavy atom. The van der Waals surface area contributed by atoms with Gasteiger partial charge in [-0.2, -0.15) is 0 Å². The van der Waals surface area contributed by atoms with Crippen molar-refractivity contribution in [1.82, 2.24) is 15.5 Å². The maximum atomic E-state index is 12.7. The summed E-state index contributed by atoms with van der Waals surface area (Å²) in [6.45, 7) is 6.46. The Hall–Kier alpha value is -2.41. The van der Waals surface area contributed by atoms with Crippen LogP contribution < -0.4 is 16.4 Å². The first-order chi connectivity index (χ1) is 17.1. The molecule has 2 heterocycles. The Balaban J connectivity index is 1.24. The predicted octanol–water partition coefficient (Wildman–Crippen LogP) is -0.438. The van der Waals surface area contributed by atoms with Crippen molar-refractivity contribution >= 4 is 17.7 Å². The molecule has 1 fully saturated rings. The zero-order valence-electron chi connectivity index (χ0n) is 20.1. The molecule has 194 valence electrons. The van der Waals surface area contributed by atoms with Crippen LogP contribution in [-0.2, 0) is 41.6 Å². The van der Waals surface area contributed by atoms with Gasteiger partial charge >= 0.3 is 0 Å². The maximum Gasteiger partial charge on any atom is 0.255 e. The minimum atomic E-state index is -0.594. The molecule has 0 saturated carbocycles. The molecule has 1 atom stereocenters. The van der Waals surface area contributed by atoms with Crippen LogP contribution in [0.15, 0.2) is 18.2 Å². The molecule has 1 aromatic carbocycles. The average molecular weight is 493 g/mol. The average Bonchev–Trinajstić information content (AvgIpc) is 3.17. The molecule has 35 heavy (non-hydrogen) atoms. The number of amides is 3. The number of hydrogen-bond acceptors (Lipinski definition) is 9. The molecule has 4 N–H and O–H groups in total. The molecule has 1 saturated heterocycles. The largest absolute Gasteiger partial charge is 0.378 e. The van der Waals surface area contributed by atoms with E-state index in [1.807, 2.05) is 18.2 Å². The summed E-state index contributed by atoms with van der Waals surface area (Å²) in [5.74, 6) is -0.842. The van der Waals surface area contributed by atoms with E-state index < -0.39 is 11.9 Å². The number of fused-ring (bicyclic) bond motifs is 1. The van der Waals surface area contributed by atoms with Crippen molar-refractivity contribution in [3.63, 3.8) is 0 Å². The van der Waals surface area contributed by atoms with E-state index in [4.69, 9.17) is 24.7 Å². The summed E-state index contributed by atoms with van der Waals surface area (Å²) in [6, 6.07) is 5.13. The molecular formula is C24H36N4O7. The molecule has 1 aromatic rings. The molecule has 0 aliphatic carbocycles. The molecule has 11 nitrogen and oxygen atoms in total. The van der Waals surface area contributed by atoms with E-state index in [0.29, 0.717) is 91.0 Å². The van der Waals surface area contributed by atoms with Gasteiger partial charge in [0.2, 0.25) is 11.8 Å². The van der Waals surface area contributed by atoms with Gasteiger partial charge in [-0.05, 0) is 23.6 Å². The zero-order chi connectivity index (χ0) is 24.9. The van der Waals surface area contributed by atoms with Crippen molar-refractivity contribution in [3.8, 4) is 0 Å². The number of nitrogens with one attached hydrogen (secondary N) is 2. The Morgan fingerprint density at radius 1 is 0.943 bits per heavy atom. The molecule has 3 amide bonds. The van der Waals surface area contributed by atoms with E-state index in [1.165, 1.54) is 0 Å². The van der Waals surface area contributed by atoms with E-state index in [2.05, 4.69) is 10.6 Å². The highest BCUT2D eigenvalue weighted by Crippen LogP contribution is 2.28. The van der Waals surface area contributed by atoms with Crippen molar-refractivity contribution in [1.29, 1.82) is 0 Å². The molecule has 1 unspecified atom stereocenters. The number of nitrogens with zero attached hydrogens (tertiary/aromatic N) is 1. The third-order valence-corrected chi connectivity index (χ3v) is 5.72. The number of carbonyl (C=O) groups is 3. The summed E-state index contributed by atoms with van der Waals surface area (Å²) in [7, 11) is 0. The molecule has 0 aromatic heterocycles. The van der Waals surface area contributed by atoms with Crippen molar-refractivity contribution in [3.05, 3.63) is 34.9 Å². The van der Waals surface area contributed by atoms with E-state index in [0.717, 1.165) is 11.1 Å². The van der Waals surface area contributed by atoms with Crippen LogP contribution in [0, 0.1) is 0 Å². The Kier molecular flexibility index (Phi) is 11.5. The van der Waals surface area contributed by atoms with Crippen LogP contribution in [0.25, 0.3) is 0 Å². The van der Waals surface area contributed by atoms with Gasteiger partial charge in [0.25, 0.3) is 5.91 Å². The minimum Gasteiger partial charge on any atom is -0.378 e. The summed E-state index contributed by atoms with van der Waals surface area (Å²) in [5, 5.41) is 5.65. The highest BCUT2D eigenvalue weighted by Gasteiger charge is 2.38. The van der Waals surface area contributed by atoms with Gasteiger partial charge in [-0.1, -0.05) is 12.1 Å². The number of benzene rings is 1. The topological polar surface area (TPSA) is 141 Å². The first-order valence-corrected chi connectivity index (χ1v) is 12.1. The van der Waals surface area contributed by atoms with E-state index in [1.54, 1.807) is 4.90 Å². The van der Waals surface area contributed by atoms with Gasteiger partial charge in [0.05, 0.1) is 52.9 Å². The molecule has 11 heteroatoms. The van der Waals surface area contributed by atoms with Crippen molar-refractivity contribution < 1.29 is 33.3 Å². The molecule has 2 aliphatic heterocycles. The normalized spacial score (nSPS) is 17.7. The second-order valence-corrected chi connectivity index (χ2v) is 8.31. The van der Waals surface area contributed by atoms with Gasteiger partial charge < -0.3 is 34.9 Å². The van der Waals surface area contributed by atoms with Crippen LogP contribution in [0.5, 0.6) is 0 Å². The van der Waals surface area contributed by atoms with Crippen LogP contribution in [0.2, 0.25) is 0 Å². The summed E-state index contributed by atoms with van der Waals surface area (Å²) in [4.78, 5) is 37.9. The van der Waals surface area contributed by atoms with Crippen molar-refractivity contribution in [2.45, 2.75) is 32.0 Å². The minimum absolute atomic E-state index is 0.160. The predicted molar refractivity (Wildman–Crippen MR) is 127 cm³/mol. The lowest BCUT2D eigenvalue weighted by Crippen LogP contribution is -2.52.